The summed E-state index contributed by atoms with van der Waals surface area (Å²) in [7, 11) is 0. The third-order valence-electron chi connectivity index (χ3n) is 0.513. The molecular weight excluding hydrogens is 142 g/mol. The van der Waals surface area contributed by atoms with E-state index in [9.17, 15) is 14.9 Å². The zero-order valence-corrected chi connectivity index (χ0v) is 4.44. The van der Waals surface area contributed by atoms with Gasteiger partial charge in [-0.3, -0.25) is 4.79 Å². The fraction of sp³-hybridized carbons (Fsp3) is 0.750. The standard InChI is InChI=1S/C3H5NO5.CH4/c5-3(6)1-2-9-4(7)8;/h1-2H2,(H,5,6);1H4. The molecule has 10 heavy (non-hydrogen) atoms. The lowest BCUT2D eigenvalue weighted by atomic mass is 10.5. The number of carboxylic acids is 1. The predicted octanol–water partition coefficient (Wildman–Crippen LogP) is 0.305. The average Bonchev–Trinajstić information content (AvgIpc) is 1.63. The second-order valence-electron chi connectivity index (χ2n) is 1.20. The lowest BCUT2D eigenvalue weighted by Crippen LogP contribution is -2.06. The molecule has 0 atom stereocenters. The first-order valence-corrected chi connectivity index (χ1v) is 2.12. The monoisotopic (exact) mass is 151 g/mol. The fourth-order valence-corrected chi connectivity index (χ4v) is 0.207. The summed E-state index contributed by atoms with van der Waals surface area (Å²) in [5.74, 6) is -1.11. The highest BCUT2D eigenvalue weighted by molar-refractivity contribution is 5.66. The van der Waals surface area contributed by atoms with Gasteiger partial charge in [0.2, 0.25) is 0 Å². The Bertz CT molecular complexity index is 109. The molecule has 0 rings (SSSR count). The van der Waals surface area contributed by atoms with Crippen molar-refractivity contribution in [1.82, 2.24) is 0 Å². The van der Waals surface area contributed by atoms with Crippen LogP contribution in [0.4, 0.5) is 0 Å². The Kier molecular flexibility index (Phi) is 6.65. The quantitative estimate of drug-likeness (QED) is 0.461. The molecule has 0 aliphatic heterocycles. The van der Waals surface area contributed by atoms with E-state index in [0.29, 0.717) is 0 Å². The van der Waals surface area contributed by atoms with Gasteiger partial charge in [0.1, 0.15) is 6.61 Å². The number of hydrogen-bond acceptors (Lipinski definition) is 4. The van der Waals surface area contributed by atoms with Crippen molar-refractivity contribution in [3.63, 3.8) is 0 Å². The number of aliphatic carboxylic acids is 1. The Balaban J connectivity index is 0. The molecule has 0 fully saturated rings. The van der Waals surface area contributed by atoms with Crippen molar-refractivity contribution in [3.05, 3.63) is 10.1 Å². The summed E-state index contributed by atoms with van der Waals surface area (Å²) in [4.78, 5) is 22.7. The van der Waals surface area contributed by atoms with Gasteiger partial charge in [-0.25, -0.2) is 0 Å². The molecule has 0 aromatic rings. The predicted molar refractivity (Wildman–Crippen MR) is 31.9 cm³/mol. The number of carbonyl (C=O) groups is 1. The van der Waals surface area contributed by atoms with Crippen LogP contribution in [-0.4, -0.2) is 22.8 Å². The van der Waals surface area contributed by atoms with Crippen LogP contribution in [0.15, 0.2) is 0 Å². The molecule has 0 spiro atoms. The van der Waals surface area contributed by atoms with Gasteiger partial charge in [0.15, 0.2) is 0 Å². The van der Waals surface area contributed by atoms with Crippen molar-refractivity contribution in [3.8, 4) is 0 Å². The van der Waals surface area contributed by atoms with Gasteiger partial charge >= 0.3 is 5.97 Å². The maximum absolute atomic E-state index is 9.68. The first-order chi connectivity index (χ1) is 4.13. The molecule has 0 unspecified atom stereocenters. The summed E-state index contributed by atoms with van der Waals surface area (Å²) in [5, 5.41) is 16.3. The molecule has 60 valence electrons. The normalized spacial score (nSPS) is 7.60. The molecule has 0 aliphatic carbocycles. The molecular formula is C4H9NO5. The van der Waals surface area contributed by atoms with Gasteiger partial charge in [-0.15, -0.1) is 10.1 Å². The van der Waals surface area contributed by atoms with Gasteiger partial charge in [-0.2, -0.15) is 0 Å². The number of carboxylic acid groups (broad SMARTS) is 1. The first-order valence-electron chi connectivity index (χ1n) is 2.12. The van der Waals surface area contributed by atoms with Crippen molar-refractivity contribution in [2.24, 2.45) is 0 Å². The van der Waals surface area contributed by atoms with Crippen LogP contribution >= 0.6 is 0 Å². The van der Waals surface area contributed by atoms with E-state index >= 15 is 0 Å². The molecule has 1 N–H and O–H groups in total. The van der Waals surface area contributed by atoms with E-state index in [0.717, 1.165) is 0 Å². The Morgan fingerprint density at radius 1 is 1.70 bits per heavy atom. The molecule has 6 heteroatoms. The Morgan fingerprint density at radius 2 is 2.20 bits per heavy atom. The van der Waals surface area contributed by atoms with Gasteiger partial charge in [0, 0.05) is 0 Å². The highest BCUT2D eigenvalue weighted by Gasteiger charge is 1.98. The fourth-order valence-electron chi connectivity index (χ4n) is 0.207. The van der Waals surface area contributed by atoms with Gasteiger partial charge in [0.05, 0.1) is 6.42 Å². The lowest BCUT2D eigenvalue weighted by molar-refractivity contribution is -0.757. The maximum atomic E-state index is 9.68. The molecule has 0 saturated carbocycles. The van der Waals surface area contributed by atoms with E-state index in [1.807, 2.05) is 0 Å². The van der Waals surface area contributed by atoms with Crippen molar-refractivity contribution in [2.45, 2.75) is 13.8 Å². The highest BCUT2D eigenvalue weighted by Crippen LogP contribution is 1.81. The van der Waals surface area contributed by atoms with E-state index in [1.54, 1.807) is 0 Å². The smallest absolute Gasteiger partial charge is 0.305 e. The minimum Gasteiger partial charge on any atom is -0.481 e. The van der Waals surface area contributed by atoms with Crippen LogP contribution in [0.25, 0.3) is 0 Å². The third kappa shape index (κ3) is 9.83. The third-order valence-corrected chi connectivity index (χ3v) is 0.513. The van der Waals surface area contributed by atoms with E-state index in [4.69, 9.17) is 5.11 Å². The molecule has 0 heterocycles. The van der Waals surface area contributed by atoms with Gasteiger partial charge < -0.3 is 9.94 Å². The van der Waals surface area contributed by atoms with Crippen LogP contribution in [0.1, 0.15) is 13.8 Å². The summed E-state index contributed by atoms with van der Waals surface area (Å²) < 4.78 is 0. The second kappa shape index (κ2) is 5.80. The van der Waals surface area contributed by atoms with E-state index in [1.165, 1.54) is 0 Å². The number of hydrogen-bond donors (Lipinski definition) is 1. The van der Waals surface area contributed by atoms with Crippen LogP contribution < -0.4 is 0 Å². The summed E-state index contributed by atoms with van der Waals surface area (Å²) in [6, 6.07) is 0. The number of nitrogens with zero attached hydrogens (tertiary/aromatic N) is 1. The first kappa shape index (κ1) is 11.5. The highest BCUT2D eigenvalue weighted by atomic mass is 16.9. The van der Waals surface area contributed by atoms with E-state index in [2.05, 4.69) is 4.84 Å². The minimum atomic E-state index is -1.11. The summed E-state index contributed by atoms with van der Waals surface area (Å²) in [5.41, 5.74) is 0. The molecule has 0 amide bonds. The van der Waals surface area contributed by atoms with E-state index < -0.39 is 11.1 Å². The van der Waals surface area contributed by atoms with Crippen LogP contribution in [0, 0.1) is 10.1 Å². The Hall–Kier alpha value is -1.33. The molecule has 0 bridgehead atoms. The van der Waals surface area contributed by atoms with Crippen LogP contribution in [-0.2, 0) is 9.63 Å². The van der Waals surface area contributed by atoms with Crippen molar-refractivity contribution >= 4 is 5.97 Å². The van der Waals surface area contributed by atoms with Crippen molar-refractivity contribution in [2.75, 3.05) is 6.61 Å². The Morgan fingerprint density at radius 3 is 2.50 bits per heavy atom. The molecule has 0 aliphatic rings. The Labute approximate surface area is 57.5 Å². The zero-order valence-electron chi connectivity index (χ0n) is 4.44. The number of rotatable bonds is 4. The maximum Gasteiger partial charge on any atom is 0.305 e. The van der Waals surface area contributed by atoms with Gasteiger partial charge in [-0.1, -0.05) is 7.43 Å². The summed E-state index contributed by atoms with van der Waals surface area (Å²) in [6.07, 6.45) is -0.346. The topological polar surface area (TPSA) is 89.7 Å². The second-order valence-corrected chi connectivity index (χ2v) is 1.20. The molecule has 0 aromatic heterocycles. The lowest BCUT2D eigenvalue weighted by Gasteiger charge is -1.91. The summed E-state index contributed by atoms with van der Waals surface area (Å²) >= 11 is 0. The van der Waals surface area contributed by atoms with Crippen LogP contribution in [0.5, 0.6) is 0 Å². The van der Waals surface area contributed by atoms with E-state index in [-0.39, 0.29) is 20.5 Å². The molecule has 0 saturated heterocycles. The van der Waals surface area contributed by atoms with Crippen LogP contribution in [0.2, 0.25) is 0 Å². The van der Waals surface area contributed by atoms with Gasteiger partial charge in [0.25, 0.3) is 5.09 Å². The van der Waals surface area contributed by atoms with Crippen molar-refractivity contribution in [1.29, 1.82) is 0 Å². The largest absolute Gasteiger partial charge is 0.481 e. The minimum absolute atomic E-state index is 0. The van der Waals surface area contributed by atoms with Gasteiger partial charge in [-0.05, 0) is 0 Å². The van der Waals surface area contributed by atoms with Crippen molar-refractivity contribution < 1.29 is 19.8 Å². The SMILES string of the molecule is C.O=C(O)CCO[N+](=O)[O-]. The van der Waals surface area contributed by atoms with Crippen LogP contribution in [0.3, 0.4) is 0 Å². The molecule has 6 nitrogen and oxygen atoms in total. The molecule has 0 radical (unpaired) electrons. The zero-order chi connectivity index (χ0) is 7.28. The summed E-state index contributed by atoms with van der Waals surface area (Å²) in [6.45, 7) is -0.387. The molecule has 0 aromatic carbocycles. The average molecular weight is 151 g/mol.